The SMILES string of the molecule is CN1[C@@H](CCc2ccc(F)cc2)CCC[C@H]1CCc1ccc(F)cc1. The number of benzene rings is 2. The van der Waals surface area contributed by atoms with Crippen molar-refractivity contribution < 1.29 is 8.78 Å². The van der Waals surface area contributed by atoms with Gasteiger partial charge in [0.05, 0.1) is 0 Å². The maximum Gasteiger partial charge on any atom is 0.123 e. The number of likely N-dealkylation sites (tertiary alicyclic amines) is 1. The fourth-order valence-corrected chi connectivity index (χ4v) is 3.96. The number of halogens is 2. The first-order valence-corrected chi connectivity index (χ1v) is 9.32. The van der Waals surface area contributed by atoms with Crippen molar-refractivity contribution in [2.24, 2.45) is 0 Å². The molecule has 2 aromatic rings. The average Bonchev–Trinajstić information content (AvgIpc) is 2.62. The molecule has 0 spiro atoms. The molecule has 0 saturated carbocycles. The zero-order valence-corrected chi connectivity index (χ0v) is 14.9. The molecule has 0 unspecified atom stereocenters. The summed E-state index contributed by atoms with van der Waals surface area (Å²) in [7, 11) is 2.24. The maximum absolute atomic E-state index is 13.0. The Bertz CT molecular complexity index is 593. The van der Waals surface area contributed by atoms with E-state index in [0.29, 0.717) is 12.1 Å². The fraction of sp³-hybridized carbons (Fsp3) is 0.455. The van der Waals surface area contributed by atoms with Gasteiger partial charge in [0.2, 0.25) is 0 Å². The Balaban J connectivity index is 1.50. The number of hydrogen-bond acceptors (Lipinski definition) is 1. The monoisotopic (exact) mass is 343 g/mol. The van der Waals surface area contributed by atoms with E-state index in [-0.39, 0.29) is 11.6 Å². The highest BCUT2D eigenvalue weighted by atomic mass is 19.1. The molecule has 0 radical (unpaired) electrons. The van der Waals surface area contributed by atoms with Crippen LogP contribution in [0.25, 0.3) is 0 Å². The molecule has 0 aliphatic carbocycles. The minimum Gasteiger partial charge on any atom is -0.300 e. The van der Waals surface area contributed by atoms with Crippen LogP contribution in [-0.4, -0.2) is 24.0 Å². The van der Waals surface area contributed by atoms with Gasteiger partial charge in [-0.1, -0.05) is 30.7 Å². The van der Waals surface area contributed by atoms with Crippen molar-refractivity contribution in [3.8, 4) is 0 Å². The molecule has 1 heterocycles. The number of nitrogens with zero attached hydrogens (tertiary/aromatic N) is 1. The number of piperidine rings is 1. The molecule has 2 aromatic carbocycles. The lowest BCUT2D eigenvalue weighted by molar-refractivity contribution is 0.103. The lowest BCUT2D eigenvalue weighted by Crippen LogP contribution is -2.44. The molecule has 1 nitrogen and oxygen atoms in total. The van der Waals surface area contributed by atoms with Crippen LogP contribution >= 0.6 is 0 Å². The Morgan fingerprint density at radius 2 is 1.16 bits per heavy atom. The largest absolute Gasteiger partial charge is 0.300 e. The van der Waals surface area contributed by atoms with Crippen LogP contribution in [0.2, 0.25) is 0 Å². The zero-order chi connectivity index (χ0) is 17.6. The predicted octanol–water partition coefficient (Wildman–Crippen LogP) is 5.38. The van der Waals surface area contributed by atoms with Crippen molar-refractivity contribution in [2.75, 3.05) is 7.05 Å². The third-order valence-electron chi connectivity index (χ3n) is 5.59. The Morgan fingerprint density at radius 3 is 1.56 bits per heavy atom. The summed E-state index contributed by atoms with van der Waals surface area (Å²) in [6.07, 6.45) is 7.99. The second kappa shape index (κ2) is 8.57. The normalized spacial score (nSPS) is 21.4. The van der Waals surface area contributed by atoms with Gasteiger partial charge in [0.15, 0.2) is 0 Å². The summed E-state index contributed by atoms with van der Waals surface area (Å²) in [6, 6.07) is 14.9. The van der Waals surface area contributed by atoms with Crippen molar-refractivity contribution in [1.82, 2.24) is 4.90 Å². The van der Waals surface area contributed by atoms with Crippen LogP contribution in [-0.2, 0) is 12.8 Å². The first-order chi connectivity index (χ1) is 12.1. The van der Waals surface area contributed by atoms with Gasteiger partial charge in [-0.3, -0.25) is 0 Å². The van der Waals surface area contributed by atoms with Crippen LogP contribution < -0.4 is 0 Å². The summed E-state index contributed by atoms with van der Waals surface area (Å²) in [4.78, 5) is 2.54. The number of aryl methyl sites for hydroxylation is 2. The molecule has 1 saturated heterocycles. The third kappa shape index (κ3) is 5.12. The van der Waals surface area contributed by atoms with E-state index in [0.717, 1.165) is 25.7 Å². The predicted molar refractivity (Wildman–Crippen MR) is 98.6 cm³/mol. The highest BCUT2D eigenvalue weighted by Crippen LogP contribution is 2.27. The smallest absolute Gasteiger partial charge is 0.123 e. The van der Waals surface area contributed by atoms with Crippen LogP contribution in [0.3, 0.4) is 0 Å². The molecule has 1 aliphatic heterocycles. The standard InChI is InChI=1S/C22H27F2N/c1-25-21(15-9-17-5-11-19(23)12-6-17)3-2-4-22(25)16-10-18-7-13-20(24)14-8-18/h5-8,11-14,21-22H,2-4,9-10,15-16H2,1H3/t21-,22+. The first-order valence-electron chi connectivity index (χ1n) is 9.32. The second-order valence-electron chi connectivity index (χ2n) is 7.23. The number of rotatable bonds is 6. The fourth-order valence-electron chi connectivity index (χ4n) is 3.96. The molecule has 0 aromatic heterocycles. The van der Waals surface area contributed by atoms with Crippen LogP contribution in [0.4, 0.5) is 8.78 Å². The molecule has 0 bridgehead atoms. The molecule has 2 atom stereocenters. The highest BCUT2D eigenvalue weighted by molar-refractivity contribution is 5.17. The molecular weight excluding hydrogens is 316 g/mol. The topological polar surface area (TPSA) is 3.24 Å². The van der Waals surface area contributed by atoms with E-state index in [4.69, 9.17) is 0 Å². The summed E-state index contributed by atoms with van der Waals surface area (Å²) in [5, 5.41) is 0. The summed E-state index contributed by atoms with van der Waals surface area (Å²) in [5.74, 6) is -0.334. The summed E-state index contributed by atoms with van der Waals surface area (Å²) >= 11 is 0. The van der Waals surface area contributed by atoms with Crippen LogP contribution in [0, 0.1) is 11.6 Å². The Hall–Kier alpha value is -1.74. The van der Waals surface area contributed by atoms with Gasteiger partial charge in [0.25, 0.3) is 0 Å². The maximum atomic E-state index is 13.0. The molecule has 0 amide bonds. The third-order valence-corrected chi connectivity index (χ3v) is 5.59. The Labute approximate surface area is 149 Å². The van der Waals surface area contributed by atoms with Gasteiger partial charge in [-0.2, -0.15) is 0 Å². The van der Waals surface area contributed by atoms with Gasteiger partial charge < -0.3 is 4.90 Å². The van der Waals surface area contributed by atoms with Gasteiger partial charge in [-0.25, -0.2) is 8.78 Å². The first kappa shape index (κ1) is 18.1. The van der Waals surface area contributed by atoms with E-state index >= 15 is 0 Å². The lowest BCUT2D eigenvalue weighted by Gasteiger charge is -2.40. The lowest BCUT2D eigenvalue weighted by atomic mass is 9.89. The summed E-state index contributed by atoms with van der Waals surface area (Å²) in [5.41, 5.74) is 2.42. The second-order valence-corrected chi connectivity index (χ2v) is 7.23. The van der Waals surface area contributed by atoms with E-state index in [9.17, 15) is 8.78 Å². The van der Waals surface area contributed by atoms with Crippen LogP contribution in [0.5, 0.6) is 0 Å². The minimum atomic E-state index is -0.167. The van der Waals surface area contributed by atoms with Crippen LogP contribution in [0.15, 0.2) is 48.5 Å². The molecule has 0 N–H and O–H groups in total. The van der Waals surface area contributed by atoms with E-state index in [1.807, 2.05) is 24.3 Å². The summed E-state index contributed by atoms with van der Waals surface area (Å²) in [6.45, 7) is 0. The zero-order valence-electron chi connectivity index (χ0n) is 14.9. The van der Waals surface area contributed by atoms with Gasteiger partial charge >= 0.3 is 0 Å². The van der Waals surface area contributed by atoms with E-state index in [2.05, 4.69) is 11.9 Å². The van der Waals surface area contributed by atoms with Crippen molar-refractivity contribution in [3.63, 3.8) is 0 Å². The van der Waals surface area contributed by atoms with Gasteiger partial charge in [-0.05, 0) is 81.0 Å². The van der Waals surface area contributed by atoms with Crippen molar-refractivity contribution in [3.05, 3.63) is 71.3 Å². The quantitative estimate of drug-likeness (QED) is 0.680. The molecular formula is C22H27F2N. The van der Waals surface area contributed by atoms with Crippen molar-refractivity contribution in [1.29, 1.82) is 0 Å². The molecule has 134 valence electrons. The van der Waals surface area contributed by atoms with E-state index in [1.165, 1.54) is 30.4 Å². The van der Waals surface area contributed by atoms with E-state index < -0.39 is 0 Å². The molecule has 1 aliphatic rings. The van der Waals surface area contributed by atoms with E-state index in [1.54, 1.807) is 24.3 Å². The average molecular weight is 343 g/mol. The van der Waals surface area contributed by atoms with Crippen LogP contribution in [0.1, 0.15) is 43.2 Å². The number of hydrogen-bond donors (Lipinski definition) is 0. The van der Waals surface area contributed by atoms with Gasteiger partial charge in [-0.15, -0.1) is 0 Å². The van der Waals surface area contributed by atoms with Gasteiger partial charge in [0, 0.05) is 12.1 Å². The molecule has 25 heavy (non-hydrogen) atoms. The Kier molecular flexibility index (Phi) is 6.19. The molecule has 3 rings (SSSR count). The highest BCUT2D eigenvalue weighted by Gasteiger charge is 2.26. The molecule has 3 heteroatoms. The molecule has 1 fully saturated rings. The summed E-state index contributed by atoms with van der Waals surface area (Å²) < 4.78 is 26.0. The van der Waals surface area contributed by atoms with Crippen molar-refractivity contribution in [2.45, 2.75) is 57.0 Å². The Morgan fingerprint density at radius 1 is 0.760 bits per heavy atom. The van der Waals surface area contributed by atoms with Crippen molar-refractivity contribution >= 4 is 0 Å². The minimum absolute atomic E-state index is 0.167. The van der Waals surface area contributed by atoms with Gasteiger partial charge in [0.1, 0.15) is 11.6 Å².